The van der Waals surface area contributed by atoms with Crippen LogP contribution < -0.4 is 10.6 Å². The van der Waals surface area contributed by atoms with Crippen LogP contribution in [0.2, 0.25) is 0 Å². The van der Waals surface area contributed by atoms with E-state index in [1.54, 1.807) is 6.07 Å². The molecule has 2 aromatic rings. The lowest BCUT2D eigenvalue weighted by molar-refractivity contribution is 0.281. The van der Waals surface area contributed by atoms with Crippen LogP contribution in [0.25, 0.3) is 0 Å². The third-order valence-corrected chi connectivity index (χ3v) is 4.22. The van der Waals surface area contributed by atoms with Crippen LogP contribution in [0.5, 0.6) is 0 Å². The Morgan fingerprint density at radius 2 is 2.04 bits per heavy atom. The molecule has 1 heterocycles. The lowest BCUT2D eigenvalue weighted by Crippen LogP contribution is -2.20. The lowest BCUT2D eigenvalue weighted by atomic mass is 10.2. The van der Waals surface area contributed by atoms with Crippen molar-refractivity contribution in [2.75, 3.05) is 24.0 Å². The zero-order valence-corrected chi connectivity index (χ0v) is 15.2. The number of nitrogens with one attached hydrogen (secondary N) is 2. The number of hydrogen-bond donors (Lipinski definition) is 3. The zero-order valence-electron chi connectivity index (χ0n) is 13.5. The SMILES string of the molecule is C[C@H](CO)Nc1cc(NCOS(=O)[O-])nc(SCc2ccccc2)n1. The van der Waals surface area contributed by atoms with Crippen molar-refractivity contribution in [3.63, 3.8) is 0 Å². The van der Waals surface area contributed by atoms with Crippen LogP contribution in [0.3, 0.4) is 0 Å². The minimum absolute atomic E-state index is 0.0441. The summed E-state index contributed by atoms with van der Waals surface area (Å²) in [5.41, 5.74) is 1.14. The molecule has 0 aliphatic heterocycles. The van der Waals surface area contributed by atoms with E-state index in [9.17, 15) is 13.9 Å². The molecule has 1 aromatic heterocycles. The van der Waals surface area contributed by atoms with Gasteiger partial charge in [0, 0.05) is 17.9 Å². The Kier molecular flexibility index (Phi) is 8.09. The van der Waals surface area contributed by atoms with Gasteiger partial charge in [0.1, 0.15) is 18.4 Å². The zero-order chi connectivity index (χ0) is 18.1. The van der Waals surface area contributed by atoms with Crippen LogP contribution in [0, 0.1) is 0 Å². The highest BCUT2D eigenvalue weighted by molar-refractivity contribution is 7.98. The smallest absolute Gasteiger partial charge is 0.191 e. The number of aliphatic hydroxyl groups is 1. The first-order valence-corrected chi connectivity index (χ1v) is 9.45. The number of anilines is 2. The van der Waals surface area contributed by atoms with Crippen LogP contribution in [0.4, 0.5) is 11.6 Å². The third kappa shape index (κ3) is 7.36. The second kappa shape index (κ2) is 10.3. The van der Waals surface area contributed by atoms with Gasteiger partial charge in [0.2, 0.25) is 0 Å². The topological polar surface area (TPSA) is 119 Å². The quantitative estimate of drug-likeness (QED) is 0.244. The molecule has 2 atom stereocenters. The normalized spacial score (nSPS) is 13.2. The molecule has 0 saturated carbocycles. The summed E-state index contributed by atoms with van der Waals surface area (Å²) in [5.74, 6) is 1.64. The van der Waals surface area contributed by atoms with E-state index in [-0.39, 0.29) is 19.4 Å². The van der Waals surface area contributed by atoms with Crippen molar-refractivity contribution in [1.82, 2.24) is 9.97 Å². The number of aromatic nitrogens is 2. The maximum absolute atomic E-state index is 10.4. The molecule has 1 unspecified atom stereocenters. The van der Waals surface area contributed by atoms with Crippen LogP contribution >= 0.6 is 11.8 Å². The fraction of sp³-hybridized carbons (Fsp3) is 0.333. The Labute approximate surface area is 152 Å². The van der Waals surface area contributed by atoms with Crippen LogP contribution in [0.15, 0.2) is 41.6 Å². The largest absolute Gasteiger partial charge is 0.750 e. The number of nitrogens with zero attached hydrogens (tertiary/aromatic N) is 2. The van der Waals surface area contributed by atoms with Crippen molar-refractivity contribution >= 4 is 34.8 Å². The van der Waals surface area contributed by atoms with E-state index in [0.29, 0.717) is 22.5 Å². The number of thioether (sulfide) groups is 1. The molecule has 0 radical (unpaired) electrons. The van der Waals surface area contributed by atoms with E-state index in [4.69, 9.17) is 0 Å². The summed E-state index contributed by atoms with van der Waals surface area (Å²) in [6, 6.07) is 11.3. The molecule has 0 spiro atoms. The Balaban J connectivity index is 2.09. The number of benzene rings is 1. The first kappa shape index (κ1) is 19.6. The Morgan fingerprint density at radius 3 is 2.72 bits per heavy atom. The van der Waals surface area contributed by atoms with Crippen molar-refractivity contribution in [2.24, 2.45) is 0 Å². The van der Waals surface area contributed by atoms with E-state index in [0.717, 1.165) is 5.56 Å². The van der Waals surface area contributed by atoms with Crippen LogP contribution in [-0.2, 0) is 21.3 Å². The van der Waals surface area contributed by atoms with Gasteiger partial charge >= 0.3 is 0 Å². The summed E-state index contributed by atoms with van der Waals surface area (Å²) in [5, 5.41) is 15.5. The predicted molar refractivity (Wildman–Crippen MR) is 96.7 cm³/mol. The molecule has 1 aromatic carbocycles. The van der Waals surface area contributed by atoms with E-state index in [1.807, 2.05) is 37.3 Å². The summed E-state index contributed by atoms with van der Waals surface area (Å²) in [4.78, 5) is 8.74. The van der Waals surface area contributed by atoms with E-state index in [2.05, 4.69) is 24.8 Å². The molecular weight excluding hydrogens is 364 g/mol. The number of hydrogen-bond acceptors (Lipinski definition) is 9. The summed E-state index contributed by atoms with van der Waals surface area (Å²) >= 11 is -1.15. The molecule has 0 aliphatic rings. The molecule has 25 heavy (non-hydrogen) atoms. The summed E-state index contributed by atoms with van der Waals surface area (Å²) < 4.78 is 25.3. The van der Waals surface area contributed by atoms with Crippen LogP contribution in [0.1, 0.15) is 12.5 Å². The third-order valence-electron chi connectivity index (χ3n) is 2.99. The van der Waals surface area contributed by atoms with Gasteiger partial charge in [-0.2, -0.15) is 0 Å². The molecule has 8 nitrogen and oxygen atoms in total. The van der Waals surface area contributed by atoms with Gasteiger partial charge in [-0.05, 0) is 12.5 Å². The second-order valence-corrected chi connectivity index (χ2v) is 6.65. The molecule has 0 amide bonds. The van der Waals surface area contributed by atoms with Gasteiger partial charge in [0.05, 0.1) is 18.0 Å². The van der Waals surface area contributed by atoms with Gasteiger partial charge in [-0.3, -0.25) is 4.18 Å². The second-order valence-electron chi connectivity index (χ2n) is 5.07. The average Bonchev–Trinajstić information content (AvgIpc) is 2.60. The molecular formula is C15H19N4O4S2-. The van der Waals surface area contributed by atoms with Gasteiger partial charge in [-0.1, -0.05) is 42.1 Å². The first-order valence-electron chi connectivity index (χ1n) is 7.46. The molecule has 0 aliphatic carbocycles. The van der Waals surface area contributed by atoms with Crippen LogP contribution in [-0.4, -0.2) is 43.2 Å². The van der Waals surface area contributed by atoms with Gasteiger partial charge < -0.3 is 20.3 Å². The van der Waals surface area contributed by atoms with Gasteiger partial charge in [0.25, 0.3) is 0 Å². The maximum Gasteiger partial charge on any atom is 0.191 e. The van der Waals surface area contributed by atoms with Crippen molar-refractivity contribution in [1.29, 1.82) is 0 Å². The highest BCUT2D eigenvalue weighted by atomic mass is 32.2. The van der Waals surface area contributed by atoms with Crippen molar-refractivity contribution < 1.29 is 18.1 Å². The summed E-state index contributed by atoms with van der Waals surface area (Å²) in [7, 11) is 0. The van der Waals surface area contributed by atoms with Crippen molar-refractivity contribution in [3.8, 4) is 0 Å². The Bertz CT molecular complexity index is 690. The predicted octanol–water partition coefficient (Wildman–Crippen LogP) is 1.74. The molecule has 0 bridgehead atoms. The van der Waals surface area contributed by atoms with E-state index < -0.39 is 11.4 Å². The van der Waals surface area contributed by atoms with E-state index in [1.165, 1.54) is 11.8 Å². The molecule has 0 fully saturated rings. The molecule has 136 valence electrons. The molecule has 3 N–H and O–H groups in total. The molecule has 2 rings (SSSR count). The first-order chi connectivity index (χ1) is 12.1. The van der Waals surface area contributed by atoms with E-state index >= 15 is 0 Å². The monoisotopic (exact) mass is 383 g/mol. The van der Waals surface area contributed by atoms with Gasteiger partial charge in [-0.15, -0.1) is 0 Å². The van der Waals surface area contributed by atoms with Crippen molar-refractivity contribution in [2.45, 2.75) is 23.9 Å². The average molecular weight is 383 g/mol. The van der Waals surface area contributed by atoms with Gasteiger partial charge in [0.15, 0.2) is 5.16 Å². The lowest BCUT2D eigenvalue weighted by Gasteiger charge is -2.14. The standard InChI is InChI=1S/C15H20N4O4S2/c1-11(8-20)17-14-7-13(16-10-23-25(21)22)18-15(19-14)24-9-12-5-3-2-4-6-12/h2-7,11,20H,8-10H2,1H3,(H,21,22)(H2,16,17,18,19)/p-1/t11-/m1/s1. The van der Waals surface area contributed by atoms with Crippen molar-refractivity contribution in [3.05, 3.63) is 42.0 Å². The minimum atomic E-state index is -2.60. The fourth-order valence-electron chi connectivity index (χ4n) is 1.83. The summed E-state index contributed by atoms with van der Waals surface area (Å²) in [6.45, 7) is 1.54. The highest BCUT2D eigenvalue weighted by Gasteiger charge is 2.08. The maximum atomic E-state index is 10.4. The molecule has 10 heteroatoms. The number of aliphatic hydroxyl groups excluding tert-OH is 1. The Morgan fingerprint density at radius 1 is 1.32 bits per heavy atom. The number of rotatable bonds is 10. The summed E-state index contributed by atoms with van der Waals surface area (Å²) in [6.07, 6.45) is 0. The molecule has 0 saturated heterocycles. The highest BCUT2D eigenvalue weighted by Crippen LogP contribution is 2.23. The fourth-order valence-corrected chi connectivity index (χ4v) is 2.80. The minimum Gasteiger partial charge on any atom is -0.750 e. The Hall–Kier alpha value is -1.72. The van der Waals surface area contributed by atoms with Gasteiger partial charge in [-0.25, -0.2) is 14.2 Å².